The maximum Gasteiger partial charge on any atom is 0.306 e. The standard InChI is InChI=1S/C90H143NO8/c1-6-8-10-12-14-16-18-20-22-24-26-28-30-32-34-36-38-40-42-43-44-45-47-48-50-52-54-56-58-60-62-64-66-68-70-72-74-76-78-80-87(92)97-84-86(85-98-90(89(94)95)96-83-82-91(3,4)5)99-88(93)81-79-77-75-73-71-69-67-65-63-61-59-57-55-53-51-49-46-41-39-37-35-33-31-29-27-25-23-21-19-17-15-13-11-9-7-2/h8-11,14-17,20-23,26-29,32-35,38-41,43-44,47-49,51,55,57,61,63,86,90H,6-7,12-13,18-19,24-25,30-31,36-37,42,45-46,50,52-54,56,58-60,62,64-85H2,1-5H3/b10-8-,11-9-,16-14-,17-15-,22-20-,23-21-,28-26-,29-27-,34-32-,35-33-,40-38-,41-39-,44-43-,48-47-,51-49-,57-55-,63-61-. The number of hydrogen-bond acceptors (Lipinski definition) is 8. The van der Waals surface area contributed by atoms with Crippen LogP contribution in [0, 0.1) is 0 Å². The van der Waals surface area contributed by atoms with Crippen LogP contribution in [0.4, 0.5) is 0 Å². The van der Waals surface area contributed by atoms with E-state index in [-0.39, 0.29) is 38.6 Å². The number of nitrogens with zero attached hydrogens (tertiary/aromatic N) is 1. The number of carbonyl (C=O) groups excluding carboxylic acids is 3. The van der Waals surface area contributed by atoms with Gasteiger partial charge < -0.3 is 33.3 Å². The SMILES string of the molecule is CC/C=C\C/C=C\C/C=C\C/C=C\C/C=C\C/C=C\C/C=C\C/C=C\C/C=C\CCCCCCCCCC(=O)OC(COC(=O)CCCCCCCCCCCCCCCC/C=C\C/C=C\C/C=C\C/C=C\C/C=C\C/C=C\C/C=C\C/C=C\CC)COC(OCC[N+](C)(C)C)C(=O)[O-]. The van der Waals surface area contributed by atoms with E-state index in [1.54, 1.807) is 0 Å². The van der Waals surface area contributed by atoms with Crippen LogP contribution < -0.4 is 5.11 Å². The molecule has 0 fully saturated rings. The summed E-state index contributed by atoms with van der Waals surface area (Å²) < 4.78 is 22.8. The fraction of sp³-hybridized carbons (Fsp3) is 0.589. The lowest BCUT2D eigenvalue weighted by Crippen LogP contribution is -2.44. The smallest absolute Gasteiger partial charge is 0.306 e. The van der Waals surface area contributed by atoms with Crippen LogP contribution in [0.1, 0.15) is 284 Å². The summed E-state index contributed by atoms with van der Waals surface area (Å²) in [7, 11) is 5.92. The third-order valence-corrected chi connectivity index (χ3v) is 16.0. The Kier molecular flexibility index (Phi) is 72.8. The van der Waals surface area contributed by atoms with Gasteiger partial charge in [0.15, 0.2) is 12.4 Å². The maximum absolute atomic E-state index is 13.0. The van der Waals surface area contributed by atoms with E-state index >= 15 is 0 Å². The summed E-state index contributed by atoms with van der Waals surface area (Å²) in [5.41, 5.74) is 0. The van der Waals surface area contributed by atoms with Crippen molar-refractivity contribution in [2.24, 2.45) is 0 Å². The molecule has 556 valence electrons. The number of rotatable bonds is 70. The Bertz CT molecular complexity index is 2390. The van der Waals surface area contributed by atoms with Gasteiger partial charge in [0.1, 0.15) is 13.2 Å². The lowest BCUT2D eigenvalue weighted by Gasteiger charge is -2.26. The van der Waals surface area contributed by atoms with Gasteiger partial charge in [-0.15, -0.1) is 0 Å². The van der Waals surface area contributed by atoms with Crippen LogP contribution in [0.2, 0.25) is 0 Å². The van der Waals surface area contributed by atoms with E-state index in [9.17, 15) is 19.5 Å². The Hall–Kier alpha value is -6.13. The van der Waals surface area contributed by atoms with Crippen molar-refractivity contribution in [2.75, 3.05) is 47.5 Å². The van der Waals surface area contributed by atoms with E-state index in [0.717, 1.165) is 154 Å². The second kappa shape index (κ2) is 77.6. The highest BCUT2D eigenvalue weighted by Crippen LogP contribution is 2.16. The highest BCUT2D eigenvalue weighted by molar-refractivity contribution is 5.70. The van der Waals surface area contributed by atoms with Crippen LogP contribution in [0.15, 0.2) is 207 Å². The third-order valence-electron chi connectivity index (χ3n) is 16.0. The summed E-state index contributed by atoms with van der Waals surface area (Å²) >= 11 is 0. The van der Waals surface area contributed by atoms with E-state index in [0.29, 0.717) is 17.4 Å². The van der Waals surface area contributed by atoms with Crippen LogP contribution in [-0.4, -0.2) is 82.3 Å². The first-order valence-electron chi connectivity index (χ1n) is 39.2. The van der Waals surface area contributed by atoms with E-state index in [1.165, 1.54) is 96.3 Å². The molecule has 0 rings (SSSR count). The van der Waals surface area contributed by atoms with Gasteiger partial charge in [0.05, 0.1) is 40.3 Å². The van der Waals surface area contributed by atoms with Gasteiger partial charge in [0, 0.05) is 12.8 Å². The number of carboxylic acid groups (broad SMARTS) is 1. The van der Waals surface area contributed by atoms with Crippen molar-refractivity contribution in [3.8, 4) is 0 Å². The highest BCUT2D eigenvalue weighted by atomic mass is 16.7. The molecule has 0 aliphatic carbocycles. The molecule has 0 radical (unpaired) electrons. The maximum atomic E-state index is 13.0. The first-order chi connectivity index (χ1) is 48.6. The van der Waals surface area contributed by atoms with Crippen molar-refractivity contribution in [3.05, 3.63) is 207 Å². The molecule has 99 heavy (non-hydrogen) atoms. The topological polar surface area (TPSA) is 111 Å². The molecule has 0 saturated heterocycles. The summed E-state index contributed by atoms with van der Waals surface area (Å²) in [4.78, 5) is 37.6. The molecule has 0 bridgehead atoms. The number of likely N-dealkylation sites (N-methyl/N-ethyl adjacent to an activating group) is 1. The Labute approximate surface area is 607 Å². The van der Waals surface area contributed by atoms with Crippen molar-refractivity contribution in [2.45, 2.75) is 296 Å². The highest BCUT2D eigenvalue weighted by Gasteiger charge is 2.22. The zero-order valence-electron chi connectivity index (χ0n) is 63.5. The van der Waals surface area contributed by atoms with Gasteiger partial charge in [-0.2, -0.15) is 0 Å². The molecule has 0 aromatic heterocycles. The molecule has 2 unspecified atom stereocenters. The molecule has 0 N–H and O–H groups in total. The number of ether oxygens (including phenoxy) is 4. The zero-order valence-corrected chi connectivity index (χ0v) is 63.5. The molecule has 0 aromatic carbocycles. The van der Waals surface area contributed by atoms with Crippen molar-refractivity contribution < 1.29 is 42.9 Å². The van der Waals surface area contributed by atoms with E-state index in [1.807, 2.05) is 21.1 Å². The lowest BCUT2D eigenvalue weighted by atomic mass is 10.0. The lowest BCUT2D eigenvalue weighted by molar-refractivity contribution is -0.870. The number of esters is 2. The van der Waals surface area contributed by atoms with Crippen molar-refractivity contribution in [3.63, 3.8) is 0 Å². The molecule has 0 aromatic rings. The van der Waals surface area contributed by atoms with Crippen LogP contribution in [0.25, 0.3) is 0 Å². The van der Waals surface area contributed by atoms with Gasteiger partial charge >= 0.3 is 11.9 Å². The van der Waals surface area contributed by atoms with Crippen LogP contribution >= 0.6 is 0 Å². The number of unbranched alkanes of at least 4 members (excludes halogenated alkanes) is 21. The first kappa shape index (κ1) is 92.9. The average molecular weight is 1370 g/mol. The monoisotopic (exact) mass is 1370 g/mol. The Morgan fingerprint density at radius 3 is 0.808 bits per heavy atom. The van der Waals surface area contributed by atoms with Crippen LogP contribution in [0.5, 0.6) is 0 Å². The number of aliphatic carboxylic acids is 1. The fourth-order valence-electron chi connectivity index (χ4n) is 10.1. The van der Waals surface area contributed by atoms with E-state index in [4.69, 9.17) is 18.9 Å². The Balaban J connectivity index is 4.15. The molecule has 9 nitrogen and oxygen atoms in total. The predicted molar refractivity (Wildman–Crippen MR) is 425 cm³/mol. The van der Waals surface area contributed by atoms with Gasteiger partial charge in [-0.3, -0.25) is 9.59 Å². The second-order valence-electron chi connectivity index (χ2n) is 26.5. The van der Waals surface area contributed by atoms with Gasteiger partial charge in [0.2, 0.25) is 0 Å². The third kappa shape index (κ3) is 79.1. The largest absolute Gasteiger partial charge is 0.545 e. The minimum absolute atomic E-state index is 0.135. The fourth-order valence-corrected chi connectivity index (χ4v) is 10.1. The first-order valence-corrected chi connectivity index (χ1v) is 39.2. The predicted octanol–water partition coefficient (Wildman–Crippen LogP) is 24.1. The Morgan fingerprint density at radius 1 is 0.303 bits per heavy atom. The molecule has 9 heteroatoms. The number of allylic oxidation sites excluding steroid dienone is 34. The van der Waals surface area contributed by atoms with Gasteiger partial charge in [0.25, 0.3) is 0 Å². The number of hydrogen-bond donors (Lipinski definition) is 0. The summed E-state index contributed by atoms with van der Waals surface area (Å²) in [6, 6.07) is 0. The van der Waals surface area contributed by atoms with E-state index < -0.39 is 24.3 Å². The minimum Gasteiger partial charge on any atom is -0.545 e. The Morgan fingerprint density at radius 2 is 0.545 bits per heavy atom. The van der Waals surface area contributed by atoms with Gasteiger partial charge in [-0.25, -0.2) is 0 Å². The number of carbonyl (C=O) groups is 3. The molecule has 0 aliphatic rings. The zero-order chi connectivity index (χ0) is 71.8. The van der Waals surface area contributed by atoms with Gasteiger partial charge in [-0.1, -0.05) is 330 Å². The van der Waals surface area contributed by atoms with Gasteiger partial charge in [-0.05, 0) is 148 Å². The minimum atomic E-state index is -1.64. The molecule has 0 amide bonds. The van der Waals surface area contributed by atoms with Crippen molar-refractivity contribution in [1.29, 1.82) is 0 Å². The molecular formula is C90H143NO8. The second-order valence-corrected chi connectivity index (χ2v) is 26.5. The molecule has 0 aliphatic heterocycles. The molecule has 0 heterocycles. The summed E-state index contributed by atoms with van der Waals surface area (Å²) in [6.45, 7) is 4.49. The van der Waals surface area contributed by atoms with E-state index in [2.05, 4.69) is 220 Å². The molecular weight excluding hydrogens is 1220 g/mol. The molecule has 0 spiro atoms. The summed E-state index contributed by atoms with van der Waals surface area (Å²) in [5, 5.41) is 11.9. The molecule has 0 saturated carbocycles. The quantitative estimate of drug-likeness (QED) is 0.0195. The van der Waals surface area contributed by atoms with Crippen molar-refractivity contribution >= 4 is 17.9 Å². The summed E-state index contributed by atoms with van der Waals surface area (Å²) in [6.07, 6.45) is 118. The molecule has 2 atom stereocenters. The van der Waals surface area contributed by atoms with Crippen molar-refractivity contribution in [1.82, 2.24) is 0 Å². The normalized spacial score (nSPS) is 13.8. The van der Waals surface area contributed by atoms with Crippen LogP contribution in [-0.2, 0) is 33.3 Å². The van der Waals surface area contributed by atoms with Crippen LogP contribution in [0.3, 0.4) is 0 Å². The average Bonchev–Trinajstić information content (AvgIpc) is 1.16. The number of quaternary nitrogens is 1. The number of carboxylic acids is 1. The summed E-state index contributed by atoms with van der Waals surface area (Å²) in [5.74, 6) is -2.31.